The number of nitrogens with zero attached hydrogens (tertiary/aromatic N) is 5. The van der Waals surface area contributed by atoms with Crippen LogP contribution in [0.5, 0.6) is 0 Å². The molecule has 0 radical (unpaired) electrons. The molecule has 2 heterocycles. The van der Waals surface area contributed by atoms with Crippen molar-refractivity contribution in [3.63, 3.8) is 0 Å². The molecule has 0 amide bonds. The molecule has 1 aliphatic carbocycles. The lowest BCUT2D eigenvalue weighted by atomic mass is 10.1. The summed E-state index contributed by atoms with van der Waals surface area (Å²) in [5, 5.41) is 5.92. The SMILES string of the molecule is COC(=O)Cn1ncc2c(N(CCc3ccc(Cl)cc3)CC3CC3)ncnc21. The molecule has 0 atom stereocenters. The highest BCUT2D eigenvalue weighted by Crippen LogP contribution is 2.32. The number of hydrogen-bond donors (Lipinski definition) is 0. The molecule has 1 aromatic carbocycles. The van der Waals surface area contributed by atoms with Crippen molar-refractivity contribution in [3.05, 3.63) is 47.4 Å². The van der Waals surface area contributed by atoms with Crippen LogP contribution in [0.2, 0.25) is 5.02 Å². The molecular weight excluding hydrogens is 378 g/mol. The molecular formula is C20H22ClN5O2. The summed E-state index contributed by atoms with van der Waals surface area (Å²) < 4.78 is 6.30. The van der Waals surface area contributed by atoms with Gasteiger partial charge in [-0.3, -0.25) is 4.79 Å². The van der Waals surface area contributed by atoms with E-state index < -0.39 is 0 Å². The lowest BCUT2D eigenvalue weighted by Crippen LogP contribution is -2.29. The highest BCUT2D eigenvalue weighted by atomic mass is 35.5. The number of methoxy groups -OCH3 is 1. The fraction of sp³-hybridized carbons (Fsp3) is 0.400. The van der Waals surface area contributed by atoms with Gasteiger partial charge in [-0.2, -0.15) is 5.10 Å². The third kappa shape index (κ3) is 4.25. The van der Waals surface area contributed by atoms with E-state index in [1.165, 1.54) is 31.8 Å². The van der Waals surface area contributed by atoms with Crippen molar-refractivity contribution in [1.82, 2.24) is 19.7 Å². The molecule has 1 saturated carbocycles. The van der Waals surface area contributed by atoms with Crippen LogP contribution in [0.1, 0.15) is 18.4 Å². The zero-order valence-corrected chi connectivity index (χ0v) is 16.5. The quantitative estimate of drug-likeness (QED) is 0.542. The maximum absolute atomic E-state index is 11.6. The van der Waals surface area contributed by atoms with Crippen LogP contribution >= 0.6 is 11.6 Å². The molecule has 28 heavy (non-hydrogen) atoms. The summed E-state index contributed by atoms with van der Waals surface area (Å²) in [7, 11) is 1.36. The Morgan fingerprint density at radius 2 is 2.07 bits per heavy atom. The summed E-state index contributed by atoms with van der Waals surface area (Å²) in [6.07, 6.45) is 6.68. The first kappa shape index (κ1) is 18.7. The first-order chi connectivity index (χ1) is 13.6. The summed E-state index contributed by atoms with van der Waals surface area (Å²) in [5.41, 5.74) is 1.87. The van der Waals surface area contributed by atoms with Gasteiger partial charge < -0.3 is 9.64 Å². The molecule has 7 nitrogen and oxygen atoms in total. The lowest BCUT2D eigenvalue weighted by molar-refractivity contribution is -0.141. The lowest BCUT2D eigenvalue weighted by Gasteiger charge is -2.24. The Balaban J connectivity index is 1.59. The van der Waals surface area contributed by atoms with Crippen molar-refractivity contribution in [3.8, 4) is 0 Å². The Labute approximate surface area is 168 Å². The van der Waals surface area contributed by atoms with Gasteiger partial charge in [0.1, 0.15) is 18.7 Å². The molecule has 0 unspecified atom stereocenters. The molecule has 1 aliphatic rings. The maximum atomic E-state index is 11.6. The number of fused-ring (bicyclic) bond motifs is 1. The number of hydrogen-bond acceptors (Lipinski definition) is 6. The second-order valence-electron chi connectivity index (χ2n) is 7.08. The number of halogens is 1. The van der Waals surface area contributed by atoms with E-state index in [4.69, 9.17) is 16.3 Å². The number of esters is 1. The van der Waals surface area contributed by atoms with Crippen LogP contribution in [0.15, 0.2) is 36.8 Å². The largest absolute Gasteiger partial charge is 0.468 e. The van der Waals surface area contributed by atoms with E-state index in [-0.39, 0.29) is 12.5 Å². The normalized spacial score (nSPS) is 13.6. The van der Waals surface area contributed by atoms with Crippen molar-refractivity contribution < 1.29 is 9.53 Å². The molecule has 0 spiro atoms. The van der Waals surface area contributed by atoms with Gasteiger partial charge in [0.2, 0.25) is 0 Å². The standard InChI is InChI=1S/C20H22ClN5O2/c1-28-18(27)12-26-20-17(10-24-26)19(22-13-23-20)25(11-15-2-3-15)9-8-14-4-6-16(21)7-5-14/h4-7,10,13,15H,2-3,8-9,11-12H2,1H3. The van der Waals surface area contributed by atoms with Gasteiger partial charge in [0.05, 0.1) is 18.7 Å². The summed E-state index contributed by atoms with van der Waals surface area (Å²) in [6.45, 7) is 1.83. The minimum atomic E-state index is -0.359. The fourth-order valence-corrected chi connectivity index (χ4v) is 3.37. The van der Waals surface area contributed by atoms with E-state index in [1.807, 2.05) is 12.1 Å². The smallest absolute Gasteiger partial charge is 0.327 e. The van der Waals surface area contributed by atoms with E-state index in [0.717, 1.165) is 35.7 Å². The average Bonchev–Trinajstić information content (AvgIpc) is 3.45. The van der Waals surface area contributed by atoms with Gasteiger partial charge in [0.15, 0.2) is 5.65 Å². The number of ether oxygens (including phenoxy) is 1. The van der Waals surface area contributed by atoms with Gasteiger partial charge in [0, 0.05) is 18.1 Å². The number of aromatic nitrogens is 4. The zero-order chi connectivity index (χ0) is 19.5. The molecule has 0 aliphatic heterocycles. The number of carbonyl (C=O) groups is 1. The summed E-state index contributed by atoms with van der Waals surface area (Å²) in [4.78, 5) is 22.8. The highest BCUT2D eigenvalue weighted by Gasteiger charge is 2.26. The van der Waals surface area contributed by atoms with Gasteiger partial charge >= 0.3 is 5.97 Å². The third-order valence-electron chi connectivity index (χ3n) is 4.98. The van der Waals surface area contributed by atoms with Crippen LogP contribution < -0.4 is 4.90 Å². The molecule has 146 valence electrons. The molecule has 4 rings (SSSR count). The van der Waals surface area contributed by atoms with Gasteiger partial charge in [-0.15, -0.1) is 0 Å². The Hall–Kier alpha value is -2.67. The molecule has 0 saturated heterocycles. The number of anilines is 1. The summed E-state index contributed by atoms with van der Waals surface area (Å²) >= 11 is 5.99. The van der Waals surface area contributed by atoms with E-state index in [9.17, 15) is 4.79 Å². The number of rotatable bonds is 8. The average molecular weight is 400 g/mol. The highest BCUT2D eigenvalue weighted by molar-refractivity contribution is 6.30. The summed E-state index contributed by atoms with van der Waals surface area (Å²) in [6, 6.07) is 7.95. The van der Waals surface area contributed by atoms with Crippen molar-refractivity contribution in [1.29, 1.82) is 0 Å². The van der Waals surface area contributed by atoms with Gasteiger partial charge in [-0.05, 0) is 42.9 Å². The van der Waals surface area contributed by atoms with Gasteiger partial charge in [-0.1, -0.05) is 23.7 Å². The number of benzene rings is 1. The van der Waals surface area contributed by atoms with E-state index in [1.54, 1.807) is 10.9 Å². The Kier molecular flexibility index (Phi) is 5.43. The van der Waals surface area contributed by atoms with Gasteiger partial charge in [0.25, 0.3) is 0 Å². The third-order valence-corrected chi connectivity index (χ3v) is 5.23. The predicted octanol–water partition coefficient (Wildman–Crippen LogP) is 3.11. The predicted molar refractivity (Wildman–Crippen MR) is 107 cm³/mol. The molecule has 2 aromatic heterocycles. The van der Waals surface area contributed by atoms with E-state index in [0.29, 0.717) is 11.6 Å². The molecule has 3 aromatic rings. The molecule has 1 fully saturated rings. The minimum Gasteiger partial charge on any atom is -0.468 e. The minimum absolute atomic E-state index is 0.0316. The van der Waals surface area contributed by atoms with Crippen LogP contribution in [0.3, 0.4) is 0 Å². The van der Waals surface area contributed by atoms with Crippen LogP contribution in [-0.2, 0) is 22.5 Å². The van der Waals surface area contributed by atoms with Crippen LogP contribution in [0.25, 0.3) is 11.0 Å². The topological polar surface area (TPSA) is 73.1 Å². The monoisotopic (exact) mass is 399 g/mol. The Bertz CT molecular complexity index is 968. The molecule has 0 N–H and O–H groups in total. The maximum Gasteiger partial charge on any atom is 0.327 e. The Morgan fingerprint density at radius 3 is 2.79 bits per heavy atom. The first-order valence-corrected chi connectivity index (χ1v) is 9.74. The molecule has 0 bridgehead atoms. The zero-order valence-electron chi connectivity index (χ0n) is 15.7. The summed E-state index contributed by atoms with van der Waals surface area (Å²) in [5.74, 6) is 1.21. The first-order valence-electron chi connectivity index (χ1n) is 9.37. The second-order valence-corrected chi connectivity index (χ2v) is 7.52. The fourth-order valence-electron chi connectivity index (χ4n) is 3.25. The van der Waals surface area contributed by atoms with E-state index >= 15 is 0 Å². The van der Waals surface area contributed by atoms with E-state index in [2.05, 4.69) is 32.1 Å². The molecule has 8 heteroatoms. The van der Waals surface area contributed by atoms with Crippen LogP contribution in [0.4, 0.5) is 5.82 Å². The second kappa shape index (κ2) is 8.14. The van der Waals surface area contributed by atoms with Crippen molar-refractivity contribution >= 4 is 34.4 Å². The number of carbonyl (C=O) groups excluding carboxylic acids is 1. The van der Waals surface area contributed by atoms with Crippen molar-refractivity contribution in [2.24, 2.45) is 5.92 Å². The van der Waals surface area contributed by atoms with Gasteiger partial charge in [-0.25, -0.2) is 14.6 Å². The van der Waals surface area contributed by atoms with Crippen molar-refractivity contribution in [2.45, 2.75) is 25.8 Å². The Morgan fingerprint density at radius 1 is 1.29 bits per heavy atom. The van der Waals surface area contributed by atoms with Crippen molar-refractivity contribution in [2.75, 3.05) is 25.1 Å². The van der Waals surface area contributed by atoms with Crippen LogP contribution in [-0.4, -0.2) is 45.9 Å². The van der Waals surface area contributed by atoms with Crippen LogP contribution in [0, 0.1) is 5.92 Å².